The van der Waals surface area contributed by atoms with Crippen LogP contribution in [0.5, 0.6) is 0 Å². The van der Waals surface area contributed by atoms with Crippen molar-refractivity contribution in [2.75, 3.05) is 20.3 Å². The van der Waals surface area contributed by atoms with Gasteiger partial charge in [-0.1, -0.05) is 25.4 Å². The van der Waals surface area contributed by atoms with Crippen molar-refractivity contribution in [3.05, 3.63) is 16.9 Å². The van der Waals surface area contributed by atoms with Crippen LogP contribution in [-0.2, 0) is 11.3 Å². The zero-order valence-electron chi connectivity index (χ0n) is 12.3. The molecular formula is C14H26ClN3O. The van der Waals surface area contributed by atoms with Crippen LogP contribution < -0.4 is 5.32 Å². The first-order chi connectivity index (χ1) is 9.24. The Labute approximate surface area is 121 Å². The van der Waals surface area contributed by atoms with Gasteiger partial charge in [-0.3, -0.25) is 4.68 Å². The minimum absolute atomic E-state index is 0.261. The lowest BCUT2D eigenvalue weighted by atomic mass is 10.1. The Balaban J connectivity index is 2.78. The molecule has 1 aromatic heterocycles. The van der Waals surface area contributed by atoms with Gasteiger partial charge in [-0.05, 0) is 32.2 Å². The summed E-state index contributed by atoms with van der Waals surface area (Å²) in [5.74, 6) is 0. The maximum absolute atomic E-state index is 6.31. The Kier molecular flexibility index (Phi) is 8.10. The summed E-state index contributed by atoms with van der Waals surface area (Å²) in [6, 6.07) is 0.261. The van der Waals surface area contributed by atoms with Gasteiger partial charge >= 0.3 is 0 Å². The average molecular weight is 288 g/mol. The Morgan fingerprint density at radius 2 is 2.21 bits per heavy atom. The number of ether oxygens (including phenoxy) is 1. The number of nitrogens with zero attached hydrogens (tertiary/aromatic N) is 2. The van der Waals surface area contributed by atoms with E-state index < -0.39 is 0 Å². The molecule has 0 saturated carbocycles. The predicted molar refractivity (Wildman–Crippen MR) is 79.7 cm³/mol. The molecule has 5 heteroatoms. The van der Waals surface area contributed by atoms with E-state index in [0.717, 1.165) is 56.1 Å². The SMILES string of the molecule is CCCNC(CCCOC)c1c(Cl)cnn1CCC. The molecule has 0 radical (unpaired) electrons. The van der Waals surface area contributed by atoms with Crippen LogP contribution in [0, 0.1) is 0 Å². The summed E-state index contributed by atoms with van der Waals surface area (Å²) in [5.41, 5.74) is 1.12. The van der Waals surface area contributed by atoms with E-state index in [-0.39, 0.29) is 6.04 Å². The smallest absolute Gasteiger partial charge is 0.0834 e. The second-order valence-electron chi connectivity index (χ2n) is 4.74. The number of hydrogen-bond acceptors (Lipinski definition) is 3. The highest BCUT2D eigenvalue weighted by Crippen LogP contribution is 2.26. The quantitative estimate of drug-likeness (QED) is 0.670. The van der Waals surface area contributed by atoms with E-state index in [9.17, 15) is 0 Å². The lowest BCUT2D eigenvalue weighted by molar-refractivity contribution is 0.188. The van der Waals surface area contributed by atoms with Crippen molar-refractivity contribution in [3.8, 4) is 0 Å². The molecule has 110 valence electrons. The molecule has 1 atom stereocenters. The Morgan fingerprint density at radius 1 is 1.42 bits per heavy atom. The molecule has 0 amide bonds. The lowest BCUT2D eigenvalue weighted by Crippen LogP contribution is -2.25. The summed E-state index contributed by atoms with van der Waals surface area (Å²) in [6.07, 6.45) is 5.96. The molecule has 0 fully saturated rings. The molecule has 0 saturated heterocycles. The molecule has 0 aliphatic carbocycles. The summed E-state index contributed by atoms with van der Waals surface area (Å²) in [4.78, 5) is 0. The summed E-state index contributed by atoms with van der Waals surface area (Å²) >= 11 is 6.31. The molecule has 0 aromatic carbocycles. The first kappa shape index (κ1) is 16.5. The molecule has 1 N–H and O–H groups in total. The van der Waals surface area contributed by atoms with E-state index in [0.29, 0.717) is 0 Å². The molecule has 4 nitrogen and oxygen atoms in total. The van der Waals surface area contributed by atoms with Crippen molar-refractivity contribution >= 4 is 11.6 Å². The number of rotatable bonds is 10. The lowest BCUT2D eigenvalue weighted by Gasteiger charge is -2.20. The second kappa shape index (κ2) is 9.34. The van der Waals surface area contributed by atoms with Gasteiger partial charge in [-0.2, -0.15) is 5.10 Å². The number of aromatic nitrogens is 2. The van der Waals surface area contributed by atoms with Crippen LogP contribution in [0.4, 0.5) is 0 Å². The molecule has 1 unspecified atom stereocenters. The summed E-state index contributed by atoms with van der Waals surface area (Å²) < 4.78 is 7.17. The number of methoxy groups -OCH3 is 1. The van der Waals surface area contributed by atoms with Crippen molar-refractivity contribution < 1.29 is 4.74 Å². The van der Waals surface area contributed by atoms with Crippen LogP contribution >= 0.6 is 11.6 Å². The molecule has 1 aromatic rings. The topological polar surface area (TPSA) is 39.1 Å². The fraction of sp³-hybridized carbons (Fsp3) is 0.786. The fourth-order valence-electron chi connectivity index (χ4n) is 2.19. The number of nitrogens with one attached hydrogen (secondary N) is 1. The Hall–Kier alpha value is -0.580. The molecule has 0 bridgehead atoms. The van der Waals surface area contributed by atoms with E-state index in [4.69, 9.17) is 16.3 Å². The number of hydrogen-bond donors (Lipinski definition) is 1. The molecule has 0 spiro atoms. The van der Waals surface area contributed by atoms with E-state index in [1.54, 1.807) is 13.3 Å². The highest BCUT2D eigenvalue weighted by molar-refractivity contribution is 6.31. The average Bonchev–Trinajstić information content (AvgIpc) is 2.76. The maximum atomic E-state index is 6.31. The van der Waals surface area contributed by atoms with Crippen molar-refractivity contribution in [3.63, 3.8) is 0 Å². The van der Waals surface area contributed by atoms with Gasteiger partial charge in [0.1, 0.15) is 0 Å². The van der Waals surface area contributed by atoms with Crippen LogP contribution in [0.25, 0.3) is 0 Å². The highest BCUT2D eigenvalue weighted by atomic mass is 35.5. The normalized spacial score (nSPS) is 12.8. The van der Waals surface area contributed by atoms with Crippen molar-refractivity contribution in [1.29, 1.82) is 0 Å². The van der Waals surface area contributed by atoms with Gasteiger partial charge in [0, 0.05) is 20.3 Å². The first-order valence-corrected chi connectivity index (χ1v) is 7.55. The summed E-state index contributed by atoms with van der Waals surface area (Å²) in [7, 11) is 1.74. The molecule has 1 heterocycles. The zero-order chi connectivity index (χ0) is 14.1. The number of aryl methyl sites for hydroxylation is 1. The van der Waals surface area contributed by atoms with Crippen molar-refractivity contribution in [2.24, 2.45) is 0 Å². The molecule has 0 aliphatic rings. The minimum atomic E-state index is 0.261. The zero-order valence-corrected chi connectivity index (χ0v) is 13.0. The second-order valence-corrected chi connectivity index (χ2v) is 5.15. The van der Waals surface area contributed by atoms with Gasteiger partial charge in [0.2, 0.25) is 0 Å². The van der Waals surface area contributed by atoms with E-state index in [2.05, 4.69) is 24.3 Å². The third-order valence-electron chi connectivity index (χ3n) is 3.08. The number of halogens is 1. The monoisotopic (exact) mass is 287 g/mol. The van der Waals surface area contributed by atoms with E-state index >= 15 is 0 Å². The predicted octanol–water partition coefficient (Wildman–Crippen LogP) is 3.41. The first-order valence-electron chi connectivity index (χ1n) is 7.18. The third-order valence-corrected chi connectivity index (χ3v) is 3.37. The largest absolute Gasteiger partial charge is 0.385 e. The van der Waals surface area contributed by atoms with Crippen LogP contribution in [0.15, 0.2) is 6.20 Å². The van der Waals surface area contributed by atoms with Crippen LogP contribution in [0.3, 0.4) is 0 Å². The van der Waals surface area contributed by atoms with Gasteiger partial charge in [-0.25, -0.2) is 0 Å². The third kappa shape index (κ3) is 5.13. The molecule has 0 aliphatic heterocycles. The minimum Gasteiger partial charge on any atom is -0.385 e. The molecule has 1 rings (SSSR count). The van der Waals surface area contributed by atoms with Gasteiger partial charge in [0.25, 0.3) is 0 Å². The van der Waals surface area contributed by atoms with Crippen LogP contribution in [-0.4, -0.2) is 30.0 Å². The van der Waals surface area contributed by atoms with Gasteiger partial charge < -0.3 is 10.1 Å². The Morgan fingerprint density at radius 3 is 2.84 bits per heavy atom. The highest BCUT2D eigenvalue weighted by Gasteiger charge is 2.19. The summed E-state index contributed by atoms with van der Waals surface area (Å²) in [5, 5.41) is 8.71. The molecular weight excluding hydrogens is 262 g/mol. The van der Waals surface area contributed by atoms with E-state index in [1.165, 1.54) is 0 Å². The van der Waals surface area contributed by atoms with Crippen LogP contribution in [0.2, 0.25) is 5.02 Å². The van der Waals surface area contributed by atoms with Gasteiger partial charge in [0.05, 0.1) is 23.0 Å². The van der Waals surface area contributed by atoms with E-state index in [1.807, 2.05) is 4.68 Å². The maximum Gasteiger partial charge on any atom is 0.0834 e. The van der Waals surface area contributed by atoms with Gasteiger partial charge in [0.15, 0.2) is 0 Å². The van der Waals surface area contributed by atoms with Crippen molar-refractivity contribution in [2.45, 2.75) is 52.1 Å². The van der Waals surface area contributed by atoms with Crippen molar-refractivity contribution in [1.82, 2.24) is 15.1 Å². The molecule has 19 heavy (non-hydrogen) atoms. The fourth-order valence-corrected chi connectivity index (χ4v) is 2.47. The van der Waals surface area contributed by atoms with Crippen LogP contribution in [0.1, 0.15) is 51.3 Å². The Bertz CT molecular complexity index is 354. The standard InChI is InChI=1S/C14H26ClN3O/c1-4-8-16-13(7-6-10-19-3)14-12(15)11-17-18(14)9-5-2/h11,13,16H,4-10H2,1-3H3. The summed E-state index contributed by atoms with van der Waals surface area (Å²) in [6.45, 7) is 7.01. The van der Waals surface area contributed by atoms with Gasteiger partial charge in [-0.15, -0.1) is 0 Å².